The molecule has 2 aromatic carbocycles. The van der Waals surface area contributed by atoms with E-state index in [1.807, 2.05) is 0 Å². The molecule has 138 valence electrons. The summed E-state index contributed by atoms with van der Waals surface area (Å²) in [4.78, 5) is 37.9. The smallest absolute Gasteiger partial charge is 0.289 e. The number of benzene rings is 2. The van der Waals surface area contributed by atoms with E-state index in [0.717, 1.165) is 5.56 Å². The Hall–Kier alpha value is -3.12. The van der Waals surface area contributed by atoms with Crippen LogP contribution in [0.3, 0.4) is 0 Å². The van der Waals surface area contributed by atoms with Crippen LogP contribution in [0.5, 0.6) is 0 Å². The molecule has 1 N–H and O–H groups in total. The minimum Gasteiger partial charge on any atom is -0.451 e. The Morgan fingerprint density at radius 3 is 2.48 bits per heavy atom. The van der Waals surface area contributed by atoms with Gasteiger partial charge in [0, 0.05) is 37.3 Å². The van der Waals surface area contributed by atoms with Gasteiger partial charge in [0.05, 0.1) is 5.39 Å². The second kappa shape index (κ2) is 7.63. The van der Waals surface area contributed by atoms with Crippen molar-refractivity contribution in [3.05, 3.63) is 80.7 Å². The summed E-state index contributed by atoms with van der Waals surface area (Å²) in [6, 6.07) is 12.8. The first kappa shape index (κ1) is 18.7. The van der Waals surface area contributed by atoms with Crippen molar-refractivity contribution in [2.24, 2.45) is 0 Å². The third kappa shape index (κ3) is 4.01. The average Bonchev–Trinajstić information content (AvgIpc) is 2.67. The van der Waals surface area contributed by atoms with Crippen molar-refractivity contribution < 1.29 is 14.0 Å². The maximum absolute atomic E-state index is 12.6. The van der Waals surface area contributed by atoms with Gasteiger partial charge in [-0.3, -0.25) is 14.4 Å². The van der Waals surface area contributed by atoms with Gasteiger partial charge in [-0.05, 0) is 35.9 Å². The van der Waals surface area contributed by atoms with E-state index in [0.29, 0.717) is 28.1 Å². The lowest BCUT2D eigenvalue weighted by molar-refractivity contribution is 0.0753. The first-order valence-corrected chi connectivity index (χ1v) is 8.56. The summed E-state index contributed by atoms with van der Waals surface area (Å²) in [6.07, 6.45) is 0. The van der Waals surface area contributed by atoms with Gasteiger partial charge in [0.25, 0.3) is 11.8 Å². The standard InChI is InChI=1S/C20H17ClN2O4/c1-22-19(25)13-5-3-12(4-6-13)11-23(2)20(26)18-10-16(24)15-9-14(21)7-8-17(15)27-18/h3-10H,11H2,1-2H3,(H,22,25). The van der Waals surface area contributed by atoms with E-state index in [2.05, 4.69) is 5.32 Å². The third-order valence-electron chi connectivity index (χ3n) is 4.11. The summed E-state index contributed by atoms with van der Waals surface area (Å²) in [5.74, 6) is -0.636. The van der Waals surface area contributed by atoms with Crippen LogP contribution in [-0.2, 0) is 6.54 Å². The highest BCUT2D eigenvalue weighted by Gasteiger charge is 2.17. The van der Waals surface area contributed by atoms with Crippen molar-refractivity contribution in [3.8, 4) is 0 Å². The van der Waals surface area contributed by atoms with Gasteiger partial charge < -0.3 is 14.6 Å². The lowest BCUT2D eigenvalue weighted by atomic mass is 10.1. The number of carbonyl (C=O) groups is 2. The van der Waals surface area contributed by atoms with Crippen molar-refractivity contribution in [2.45, 2.75) is 6.54 Å². The molecular formula is C20H17ClN2O4. The number of amides is 2. The highest BCUT2D eigenvalue weighted by molar-refractivity contribution is 6.31. The van der Waals surface area contributed by atoms with Crippen molar-refractivity contribution in [3.63, 3.8) is 0 Å². The molecule has 0 atom stereocenters. The Labute approximate surface area is 160 Å². The Balaban J connectivity index is 1.81. The Kier molecular flexibility index (Phi) is 5.28. The summed E-state index contributed by atoms with van der Waals surface area (Å²) in [6.45, 7) is 0.301. The molecule has 0 bridgehead atoms. The molecule has 0 aliphatic heterocycles. The molecule has 3 rings (SSSR count). The summed E-state index contributed by atoms with van der Waals surface area (Å²) >= 11 is 5.89. The zero-order chi connectivity index (χ0) is 19.6. The Bertz CT molecular complexity index is 1070. The number of nitrogens with one attached hydrogen (secondary N) is 1. The zero-order valence-electron chi connectivity index (χ0n) is 14.8. The molecule has 6 nitrogen and oxygen atoms in total. The van der Waals surface area contributed by atoms with Crippen molar-refractivity contribution in [1.82, 2.24) is 10.2 Å². The SMILES string of the molecule is CNC(=O)c1ccc(CN(C)C(=O)c2cc(=O)c3cc(Cl)ccc3o2)cc1. The van der Waals surface area contributed by atoms with Gasteiger partial charge in [0.15, 0.2) is 11.2 Å². The van der Waals surface area contributed by atoms with Crippen molar-refractivity contribution in [1.29, 1.82) is 0 Å². The molecule has 0 fully saturated rings. The summed E-state index contributed by atoms with van der Waals surface area (Å²) in [7, 11) is 3.18. The molecule has 0 radical (unpaired) electrons. The molecular weight excluding hydrogens is 368 g/mol. The zero-order valence-corrected chi connectivity index (χ0v) is 15.5. The fraction of sp³-hybridized carbons (Fsp3) is 0.150. The first-order valence-electron chi connectivity index (χ1n) is 8.19. The van der Waals surface area contributed by atoms with Crippen LogP contribution in [-0.4, -0.2) is 30.8 Å². The van der Waals surface area contributed by atoms with Crippen LogP contribution in [0.2, 0.25) is 5.02 Å². The molecule has 0 unspecified atom stereocenters. The lowest BCUT2D eigenvalue weighted by Crippen LogP contribution is -2.27. The molecule has 7 heteroatoms. The van der Waals surface area contributed by atoms with Crippen LogP contribution < -0.4 is 10.7 Å². The third-order valence-corrected chi connectivity index (χ3v) is 4.34. The quantitative estimate of drug-likeness (QED) is 0.749. The molecule has 3 aromatic rings. The topological polar surface area (TPSA) is 79.6 Å². The predicted molar refractivity (Wildman–Crippen MR) is 103 cm³/mol. The van der Waals surface area contributed by atoms with Gasteiger partial charge in [0.2, 0.25) is 0 Å². The van der Waals surface area contributed by atoms with Crippen LogP contribution in [0, 0.1) is 0 Å². The molecule has 0 aliphatic carbocycles. The minimum atomic E-state index is -0.417. The minimum absolute atomic E-state index is 0.0423. The van der Waals surface area contributed by atoms with Gasteiger partial charge in [0.1, 0.15) is 5.58 Å². The van der Waals surface area contributed by atoms with E-state index in [-0.39, 0.29) is 17.1 Å². The van der Waals surface area contributed by atoms with Gasteiger partial charge in [-0.15, -0.1) is 0 Å². The number of rotatable bonds is 4. The first-order chi connectivity index (χ1) is 12.9. The maximum Gasteiger partial charge on any atom is 0.289 e. The van der Waals surface area contributed by atoms with E-state index in [9.17, 15) is 14.4 Å². The maximum atomic E-state index is 12.6. The van der Waals surface area contributed by atoms with Crippen LogP contribution in [0.15, 0.2) is 57.7 Å². The fourth-order valence-corrected chi connectivity index (χ4v) is 2.85. The molecule has 2 amide bonds. The monoisotopic (exact) mass is 384 g/mol. The highest BCUT2D eigenvalue weighted by Crippen LogP contribution is 2.18. The van der Waals surface area contributed by atoms with E-state index >= 15 is 0 Å². The normalized spacial score (nSPS) is 10.6. The average molecular weight is 385 g/mol. The van der Waals surface area contributed by atoms with Gasteiger partial charge in [-0.25, -0.2) is 0 Å². The second-order valence-corrected chi connectivity index (χ2v) is 6.49. The predicted octanol–water partition coefficient (Wildman–Crippen LogP) is 3.08. The van der Waals surface area contributed by atoms with Gasteiger partial charge >= 0.3 is 0 Å². The van der Waals surface area contributed by atoms with E-state index in [4.69, 9.17) is 16.0 Å². The van der Waals surface area contributed by atoms with E-state index < -0.39 is 5.91 Å². The molecule has 0 saturated heterocycles. The number of carbonyl (C=O) groups excluding carboxylic acids is 2. The van der Waals surface area contributed by atoms with Crippen molar-refractivity contribution >= 4 is 34.4 Å². The fourth-order valence-electron chi connectivity index (χ4n) is 2.67. The number of hydrogen-bond donors (Lipinski definition) is 1. The molecule has 0 saturated carbocycles. The van der Waals surface area contributed by atoms with Gasteiger partial charge in [-0.1, -0.05) is 23.7 Å². The largest absolute Gasteiger partial charge is 0.451 e. The van der Waals surface area contributed by atoms with E-state index in [1.54, 1.807) is 50.5 Å². The molecule has 0 spiro atoms. The van der Waals surface area contributed by atoms with Crippen LogP contribution in [0.1, 0.15) is 26.5 Å². The van der Waals surface area contributed by atoms with Crippen molar-refractivity contribution in [2.75, 3.05) is 14.1 Å². The van der Waals surface area contributed by atoms with Crippen LogP contribution >= 0.6 is 11.6 Å². The number of fused-ring (bicyclic) bond motifs is 1. The van der Waals surface area contributed by atoms with Gasteiger partial charge in [-0.2, -0.15) is 0 Å². The number of hydrogen-bond acceptors (Lipinski definition) is 4. The van der Waals surface area contributed by atoms with Crippen LogP contribution in [0.25, 0.3) is 11.0 Å². The Morgan fingerprint density at radius 1 is 1.11 bits per heavy atom. The molecule has 1 aromatic heterocycles. The molecule has 1 heterocycles. The van der Waals surface area contributed by atoms with E-state index in [1.165, 1.54) is 17.0 Å². The summed E-state index contributed by atoms with van der Waals surface area (Å²) < 4.78 is 5.58. The molecule has 0 aliphatic rings. The summed E-state index contributed by atoms with van der Waals surface area (Å²) in [5.41, 5.74) is 1.35. The highest BCUT2D eigenvalue weighted by atomic mass is 35.5. The number of halogens is 1. The number of nitrogens with zero attached hydrogens (tertiary/aromatic N) is 1. The second-order valence-electron chi connectivity index (χ2n) is 6.05. The Morgan fingerprint density at radius 2 is 1.81 bits per heavy atom. The summed E-state index contributed by atoms with van der Waals surface area (Å²) in [5, 5.41) is 3.30. The molecule has 27 heavy (non-hydrogen) atoms. The lowest BCUT2D eigenvalue weighted by Gasteiger charge is -2.17. The van der Waals surface area contributed by atoms with Crippen LogP contribution in [0.4, 0.5) is 0 Å².